The van der Waals surface area contributed by atoms with Crippen LogP contribution in [0, 0.1) is 0 Å². The number of hydrogen-bond donors (Lipinski definition) is 0. The van der Waals surface area contributed by atoms with E-state index in [1.807, 2.05) is 0 Å². The van der Waals surface area contributed by atoms with Crippen LogP contribution in [0.2, 0.25) is 0 Å². The van der Waals surface area contributed by atoms with Gasteiger partial charge in [-0.15, -0.1) is 0 Å². The summed E-state index contributed by atoms with van der Waals surface area (Å²) >= 11 is 0. The molecule has 0 aliphatic carbocycles. The molecule has 1 aliphatic rings. The molecule has 0 amide bonds. The summed E-state index contributed by atoms with van der Waals surface area (Å²) in [7, 11) is 0. The minimum Gasteiger partial charge on any atom is -0.418 e. The van der Waals surface area contributed by atoms with Crippen LogP contribution in [0.5, 0.6) is 0 Å². The Hall–Kier alpha value is -0.940. The van der Waals surface area contributed by atoms with Crippen molar-refractivity contribution in [1.82, 2.24) is 0 Å². The Kier molecular flexibility index (Phi) is 1.92. The molecular weight excluding hydrogens is 168 g/mol. The fourth-order valence-electron chi connectivity index (χ4n) is 0.573. The molecule has 0 saturated carbocycles. The summed E-state index contributed by atoms with van der Waals surface area (Å²) in [4.78, 5) is 0. The van der Waals surface area contributed by atoms with E-state index in [0.29, 0.717) is 0 Å². The molecule has 0 aromatic heterocycles. The van der Waals surface area contributed by atoms with Gasteiger partial charge in [-0.05, 0) is 0 Å². The van der Waals surface area contributed by atoms with E-state index in [1.54, 1.807) is 0 Å². The zero-order chi connectivity index (χ0) is 8.48. The molecule has 2 nitrogen and oxygen atoms in total. The maximum Gasteiger partial charge on any atom is 0.350 e. The van der Waals surface area contributed by atoms with Crippen LogP contribution in [-0.4, -0.2) is 19.1 Å². The Morgan fingerprint density at radius 2 is 1.36 bits per heavy atom. The van der Waals surface area contributed by atoms with E-state index in [4.69, 9.17) is 0 Å². The molecule has 0 unspecified atom stereocenters. The highest BCUT2D eigenvalue weighted by molar-refractivity contribution is 4.95. The zero-order valence-electron chi connectivity index (χ0n) is 5.24. The van der Waals surface area contributed by atoms with E-state index < -0.39 is 31.2 Å². The Morgan fingerprint density at radius 1 is 1.00 bits per heavy atom. The summed E-state index contributed by atoms with van der Waals surface area (Å²) < 4.78 is 55.4. The second-order valence-electron chi connectivity index (χ2n) is 1.93. The van der Waals surface area contributed by atoms with Gasteiger partial charge < -0.3 is 9.47 Å². The van der Waals surface area contributed by atoms with Crippen molar-refractivity contribution in [2.75, 3.05) is 13.3 Å². The summed E-state index contributed by atoms with van der Waals surface area (Å²) in [5.74, 6) is -2.44. The van der Waals surface area contributed by atoms with Crippen LogP contribution in [0.4, 0.5) is 17.6 Å². The molecule has 64 valence electrons. The fraction of sp³-hybridized carbons (Fsp3) is 0.600. The quantitative estimate of drug-likeness (QED) is 0.590. The zero-order valence-corrected chi connectivity index (χ0v) is 5.24. The molecule has 0 saturated heterocycles. The van der Waals surface area contributed by atoms with Gasteiger partial charge in [0.25, 0.3) is 0 Å². The predicted octanol–water partition coefficient (Wildman–Crippen LogP) is 1.73. The third-order valence-corrected chi connectivity index (χ3v) is 1.11. The van der Waals surface area contributed by atoms with Crippen LogP contribution in [0.15, 0.2) is 12.0 Å². The maximum absolute atomic E-state index is 12.0. The van der Waals surface area contributed by atoms with Gasteiger partial charge in [-0.1, -0.05) is 0 Å². The van der Waals surface area contributed by atoms with Gasteiger partial charge in [-0.3, -0.25) is 0 Å². The Bertz CT molecular complexity index is 171. The molecule has 0 N–H and O–H groups in total. The number of ether oxygens (including phenoxy) is 2. The van der Waals surface area contributed by atoms with Crippen molar-refractivity contribution in [3.8, 4) is 0 Å². The van der Waals surface area contributed by atoms with Crippen LogP contribution in [0.3, 0.4) is 0 Å². The minimum absolute atomic E-state index is 1.45. The largest absolute Gasteiger partial charge is 0.418 e. The smallest absolute Gasteiger partial charge is 0.350 e. The van der Waals surface area contributed by atoms with E-state index >= 15 is 0 Å². The second-order valence-corrected chi connectivity index (χ2v) is 1.93. The predicted molar refractivity (Wildman–Crippen MR) is 26.1 cm³/mol. The molecule has 11 heavy (non-hydrogen) atoms. The van der Waals surface area contributed by atoms with Gasteiger partial charge in [0.05, 0.1) is 0 Å². The third-order valence-electron chi connectivity index (χ3n) is 1.11. The van der Waals surface area contributed by atoms with Crippen molar-refractivity contribution < 1.29 is 27.0 Å². The lowest BCUT2D eigenvalue weighted by Gasteiger charge is -2.19. The molecule has 0 radical (unpaired) electrons. The van der Waals surface area contributed by atoms with Gasteiger partial charge in [0.15, 0.2) is 13.3 Å². The summed E-state index contributed by atoms with van der Waals surface area (Å²) in [6.07, 6.45) is 0. The van der Waals surface area contributed by atoms with E-state index in [0.717, 1.165) is 0 Å². The highest BCUT2D eigenvalue weighted by Crippen LogP contribution is 2.33. The summed E-state index contributed by atoms with van der Waals surface area (Å²) in [6, 6.07) is -3.44. The van der Waals surface area contributed by atoms with Crippen LogP contribution >= 0.6 is 0 Å². The van der Waals surface area contributed by atoms with Crippen LogP contribution < -0.4 is 0 Å². The Labute approximate surface area is 59.4 Å². The topological polar surface area (TPSA) is 18.5 Å². The first-order valence-corrected chi connectivity index (χ1v) is 2.69. The average molecular weight is 172 g/mol. The summed E-state index contributed by atoms with van der Waals surface area (Å²) in [6.45, 7) is -2.91. The maximum atomic E-state index is 12.0. The number of rotatable bonds is 2. The standard InChI is InChI=1S/C5H4F4O2/c6-1-5(2-7)10-3(8)4(9)11-5/h1-2H2. The van der Waals surface area contributed by atoms with Crippen LogP contribution in [-0.2, 0) is 9.47 Å². The normalized spacial score (nSPS) is 21.5. The van der Waals surface area contributed by atoms with E-state index in [-0.39, 0.29) is 0 Å². The molecular formula is C5H4F4O2. The van der Waals surface area contributed by atoms with E-state index in [9.17, 15) is 17.6 Å². The third kappa shape index (κ3) is 1.24. The number of halogens is 4. The molecule has 1 rings (SSSR count). The van der Waals surface area contributed by atoms with Crippen molar-refractivity contribution >= 4 is 0 Å². The van der Waals surface area contributed by atoms with Crippen molar-refractivity contribution in [3.05, 3.63) is 12.0 Å². The molecule has 0 atom stereocenters. The lowest BCUT2D eigenvalue weighted by atomic mass is 10.3. The average Bonchev–Trinajstić information content (AvgIpc) is 2.29. The van der Waals surface area contributed by atoms with Gasteiger partial charge in [-0.25, -0.2) is 8.78 Å². The van der Waals surface area contributed by atoms with Crippen LogP contribution in [0.25, 0.3) is 0 Å². The van der Waals surface area contributed by atoms with Crippen molar-refractivity contribution in [2.45, 2.75) is 5.79 Å². The highest BCUT2D eigenvalue weighted by atomic mass is 19.2. The monoisotopic (exact) mass is 172 g/mol. The number of hydrogen-bond acceptors (Lipinski definition) is 2. The molecule has 6 heteroatoms. The molecule has 1 aliphatic heterocycles. The molecule has 0 aromatic rings. The molecule has 0 spiro atoms. The van der Waals surface area contributed by atoms with E-state index in [2.05, 4.69) is 9.47 Å². The summed E-state index contributed by atoms with van der Waals surface area (Å²) in [5.41, 5.74) is 0. The Balaban J connectivity index is 2.69. The Morgan fingerprint density at radius 3 is 1.55 bits per heavy atom. The number of alkyl halides is 2. The van der Waals surface area contributed by atoms with Crippen molar-refractivity contribution in [1.29, 1.82) is 0 Å². The molecule has 0 bridgehead atoms. The van der Waals surface area contributed by atoms with Gasteiger partial charge in [0.2, 0.25) is 0 Å². The molecule has 0 aromatic carbocycles. The van der Waals surface area contributed by atoms with Crippen molar-refractivity contribution in [3.63, 3.8) is 0 Å². The lowest BCUT2D eigenvalue weighted by molar-refractivity contribution is -0.189. The van der Waals surface area contributed by atoms with Crippen molar-refractivity contribution in [2.24, 2.45) is 0 Å². The van der Waals surface area contributed by atoms with Gasteiger partial charge in [-0.2, -0.15) is 8.78 Å². The minimum atomic E-state index is -2.44. The first kappa shape index (κ1) is 8.16. The van der Waals surface area contributed by atoms with Gasteiger partial charge >= 0.3 is 17.8 Å². The van der Waals surface area contributed by atoms with Gasteiger partial charge in [0, 0.05) is 0 Å². The fourth-order valence-corrected chi connectivity index (χ4v) is 0.573. The molecule has 0 fully saturated rings. The lowest BCUT2D eigenvalue weighted by Crippen LogP contribution is -2.35. The first-order valence-electron chi connectivity index (χ1n) is 2.69. The highest BCUT2D eigenvalue weighted by Gasteiger charge is 2.45. The SMILES string of the molecule is FCC1(CF)OC(F)=C(F)O1. The molecule has 1 heterocycles. The summed E-state index contributed by atoms with van der Waals surface area (Å²) in [5, 5.41) is 0. The van der Waals surface area contributed by atoms with Gasteiger partial charge in [0.1, 0.15) is 0 Å². The second kappa shape index (κ2) is 2.60. The van der Waals surface area contributed by atoms with E-state index in [1.165, 1.54) is 0 Å². The van der Waals surface area contributed by atoms with Crippen LogP contribution in [0.1, 0.15) is 0 Å². The first-order chi connectivity index (χ1) is 5.13.